The highest BCUT2D eigenvalue weighted by Crippen LogP contribution is 2.28. The number of sulfonamides is 1. The molecule has 0 spiro atoms. The van der Waals surface area contributed by atoms with Gasteiger partial charge in [-0.05, 0) is 30.7 Å². The van der Waals surface area contributed by atoms with Crippen LogP contribution in [0.3, 0.4) is 0 Å². The number of nitrogens with zero attached hydrogens (tertiary/aromatic N) is 1. The third kappa shape index (κ3) is 4.22. The molecule has 1 atom stereocenters. The largest absolute Gasteiger partial charge is 0.433 e. The van der Waals surface area contributed by atoms with E-state index in [-0.39, 0.29) is 0 Å². The number of para-hydroxylation sites is 1. The second kappa shape index (κ2) is 7.85. The average Bonchev–Trinajstić information content (AvgIpc) is 3.04. The molecule has 0 bridgehead atoms. The summed E-state index contributed by atoms with van der Waals surface area (Å²) in [5, 5.41) is 1.11. The molecule has 1 heterocycles. The Labute approximate surface area is 160 Å². The number of nitrogens with one attached hydrogen (secondary N) is 2. The lowest BCUT2D eigenvalue weighted by Gasteiger charge is -2.25. The molecule has 10 heteroatoms. The van der Waals surface area contributed by atoms with Crippen LogP contribution in [0.25, 0.3) is 0 Å². The summed E-state index contributed by atoms with van der Waals surface area (Å²) in [6.07, 6.45) is 1.76. The number of amides is 2. The van der Waals surface area contributed by atoms with E-state index in [1.165, 1.54) is 12.1 Å². The molecule has 1 aliphatic heterocycles. The van der Waals surface area contributed by atoms with E-state index in [9.17, 15) is 22.0 Å². The first-order valence-electron chi connectivity index (χ1n) is 8.18. The van der Waals surface area contributed by atoms with Crippen LogP contribution in [0.4, 0.5) is 13.6 Å². The fourth-order valence-corrected chi connectivity index (χ4v) is 3.84. The van der Waals surface area contributed by atoms with Crippen molar-refractivity contribution >= 4 is 16.1 Å². The lowest BCUT2D eigenvalue weighted by Crippen LogP contribution is -2.47. The zero-order chi connectivity index (χ0) is 20.3. The highest BCUT2D eigenvalue weighted by molar-refractivity contribution is 7.90. The summed E-state index contributed by atoms with van der Waals surface area (Å²) in [4.78, 5) is 12.1. The van der Waals surface area contributed by atoms with Gasteiger partial charge in [0.15, 0.2) is 0 Å². The summed E-state index contributed by atoms with van der Waals surface area (Å²) in [7, 11) is -4.46. The Bertz CT molecular complexity index is 997. The fraction of sp³-hybridized carbons (Fsp3) is 0.167. The van der Waals surface area contributed by atoms with Gasteiger partial charge in [-0.25, -0.2) is 22.9 Å². The van der Waals surface area contributed by atoms with Crippen molar-refractivity contribution in [2.45, 2.75) is 24.5 Å². The molecular formula is C18H17F2N3O4S. The number of hydrazine groups is 1. The molecule has 0 saturated heterocycles. The van der Waals surface area contributed by atoms with Crippen molar-refractivity contribution in [3.63, 3.8) is 0 Å². The van der Waals surface area contributed by atoms with E-state index in [2.05, 4.69) is 10.2 Å². The van der Waals surface area contributed by atoms with Crippen LogP contribution >= 0.6 is 0 Å². The first-order valence-corrected chi connectivity index (χ1v) is 9.66. The van der Waals surface area contributed by atoms with Crippen LogP contribution in [0.15, 0.2) is 71.3 Å². The number of allylic oxidation sites excluding steroid dienone is 1. The van der Waals surface area contributed by atoms with E-state index in [4.69, 9.17) is 0 Å². The number of carbonyl (C=O) groups is 1. The van der Waals surface area contributed by atoms with Crippen molar-refractivity contribution in [1.82, 2.24) is 15.2 Å². The van der Waals surface area contributed by atoms with Crippen molar-refractivity contribution < 1.29 is 26.7 Å². The van der Waals surface area contributed by atoms with E-state index in [1.54, 1.807) is 37.3 Å². The Balaban J connectivity index is 1.84. The second-order valence-electron chi connectivity index (χ2n) is 5.92. The van der Waals surface area contributed by atoms with Crippen molar-refractivity contribution in [2.24, 2.45) is 0 Å². The standard InChI is InChI=1S/C18H17F2N3O4S/c1-12-11-14(13-7-3-2-4-8-13)23(21-12)18(24)22-28(25,26)16-10-6-5-9-15(16)27-17(19)20/h2-11,14,17,21H,1H3,(H,22,24). The Morgan fingerprint density at radius 1 is 1.14 bits per heavy atom. The number of hydrogen-bond acceptors (Lipinski definition) is 5. The van der Waals surface area contributed by atoms with Gasteiger partial charge in [0.2, 0.25) is 0 Å². The molecule has 3 rings (SSSR count). The topological polar surface area (TPSA) is 87.7 Å². The minimum absolute atomic E-state index is 0.538. The molecule has 2 N–H and O–H groups in total. The maximum atomic E-state index is 12.6. The van der Waals surface area contributed by atoms with Gasteiger partial charge in [-0.2, -0.15) is 8.78 Å². The molecule has 0 aromatic heterocycles. The molecule has 0 fully saturated rings. The maximum absolute atomic E-state index is 12.6. The van der Waals surface area contributed by atoms with Crippen molar-refractivity contribution in [1.29, 1.82) is 0 Å². The third-order valence-electron chi connectivity index (χ3n) is 3.92. The number of urea groups is 1. The lowest BCUT2D eigenvalue weighted by atomic mass is 10.1. The minimum Gasteiger partial charge on any atom is -0.433 e. The van der Waals surface area contributed by atoms with Crippen LogP contribution in [-0.2, 0) is 10.0 Å². The van der Waals surface area contributed by atoms with Gasteiger partial charge in [0.25, 0.3) is 10.0 Å². The van der Waals surface area contributed by atoms with Gasteiger partial charge in [0.05, 0.1) is 0 Å². The molecule has 0 radical (unpaired) electrons. The van der Waals surface area contributed by atoms with Gasteiger partial charge >= 0.3 is 12.6 Å². The molecule has 7 nitrogen and oxygen atoms in total. The second-order valence-corrected chi connectivity index (χ2v) is 7.57. The van der Waals surface area contributed by atoms with Gasteiger partial charge in [-0.1, -0.05) is 42.5 Å². The van der Waals surface area contributed by atoms with Gasteiger partial charge in [0, 0.05) is 5.70 Å². The first-order chi connectivity index (χ1) is 13.3. The SMILES string of the molecule is CC1=CC(c2ccccc2)N(C(=O)NS(=O)(=O)c2ccccc2OC(F)F)N1. The first kappa shape index (κ1) is 19.6. The molecule has 1 unspecified atom stereocenters. The van der Waals surface area contributed by atoms with Crippen LogP contribution in [-0.4, -0.2) is 26.1 Å². The van der Waals surface area contributed by atoms with E-state index < -0.39 is 39.4 Å². The van der Waals surface area contributed by atoms with Crippen LogP contribution in [0.1, 0.15) is 18.5 Å². The zero-order valence-electron chi connectivity index (χ0n) is 14.7. The summed E-state index contributed by atoms with van der Waals surface area (Å²) < 4.78 is 56.4. The Kier molecular flexibility index (Phi) is 5.50. The van der Waals surface area contributed by atoms with E-state index >= 15 is 0 Å². The number of halogens is 2. The van der Waals surface area contributed by atoms with Crippen LogP contribution in [0, 0.1) is 0 Å². The van der Waals surface area contributed by atoms with Crippen LogP contribution in [0.5, 0.6) is 5.75 Å². The zero-order valence-corrected chi connectivity index (χ0v) is 15.5. The average molecular weight is 409 g/mol. The number of rotatable bonds is 5. The van der Waals surface area contributed by atoms with Gasteiger partial charge in [0.1, 0.15) is 16.7 Å². The molecule has 2 amide bonds. The van der Waals surface area contributed by atoms with Gasteiger partial charge < -0.3 is 4.74 Å². The number of alkyl halides is 2. The number of benzene rings is 2. The highest BCUT2D eigenvalue weighted by atomic mass is 32.2. The minimum atomic E-state index is -4.46. The number of carbonyl (C=O) groups excluding carboxylic acids is 1. The summed E-state index contributed by atoms with van der Waals surface area (Å²) >= 11 is 0. The van der Waals surface area contributed by atoms with Crippen molar-refractivity contribution in [3.05, 3.63) is 71.9 Å². The fourth-order valence-electron chi connectivity index (χ4n) is 2.77. The van der Waals surface area contributed by atoms with Crippen molar-refractivity contribution in [2.75, 3.05) is 0 Å². The summed E-state index contributed by atoms with van der Waals surface area (Å²) in [5.41, 5.74) is 4.21. The van der Waals surface area contributed by atoms with Crippen molar-refractivity contribution in [3.8, 4) is 5.75 Å². The Morgan fingerprint density at radius 3 is 2.46 bits per heavy atom. The molecule has 2 aromatic carbocycles. The molecule has 2 aromatic rings. The highest BCUT2D eigenvalue weighted by Gasteiger charge is 2.32. The Hall–Kier alpha value is -3.14. The maximum Gasteiger partial charge on any atom is 0.387 e. The predicted molar refractivity (Wildman–Crippen MR) is 96.7 cm³/mol. The summed E-state index contributed by atoms with van der Waals surface area (Å²) in [6.45, 7) is -1.48. The smallest absolute Gasteiger partial charge is 0.387 e. The predicted octanol–water partition coefficient (Wildman–Crippen LogP) is 3.15. The molecule has 0 aliphatic carbocycles. The van der Waals surface area contributed by atoms with Gasteiger partial charge in [-0.15, -0.1) is 0 Å². The summed E-state index contributed by atoms with van der Waals surface area (Å²) in [6, 6.07) is 12.3. The molecule has 28 heavy (non-hydrogen) atoms. The molecule has 148 valence electrons. The van der Waals surface area contributed by atoms with Crippen LogP contribution < -0.4 is 14.9 Å². The Morgan fingerprint density at radius 2 is 1.79 bits per heavy atom. The van der Waals surface area contributed by atoms with Gasteiger partial charge in [-0.3, -0.25) is 5.43 Å². The number of hydrogen-bond donors (Lipinski definition) is 2. The van der Waals surface area contributed by atoms with E-state index in [0.29, 0.717) is 5.70 Å². The molecular weight excluding hydrogens is 392 g/mol. The monoisotopic (exact) mass is 409 g/mol. The third-order valence-corrected chi connectivity index (χ3v) is 5.28. The van der Waals surface area contributed by atoms with Crippen LogP contribution in [0.2, 0.25) is 0 Å². The number of ether oxygens (including phenoxy) is 1. The normalized spacial score (nSPS) is 16.5. The quantitative estimate of drug-likeness (QED) is 0.792. The summed E-state index contributed by atoms with van der Waals surface area (Å²) in [5.74, 6) is -0.555. The lowest BCUT2D eigenvalue weighted by molar-refractivity contribution is -0.0517. The molecule has 0 saturated carbocycles. The van der Waals surface area contributed by atoms with E-state index in [0.717, 1.165) is 22.7 Å². The molecule has 1 aliphatic rings. The van der Waals surface area contributed by atoms with E-state index in [1.807, 2.05) is 10.8 Å².